The minimum atomic E-state index is -3.94. The highest BCUT2D eigenvalue weighted by atomic mass is 35.5. The summed E-state index contributed by atoms with van der Waals surface area (Å²) < 4.78 is 34.1. The molecule has 1 saturated heterocycles. The highest BCUT2D eigenvalue weighted by Gasteiger charge is 2.27. The van der Waals surface area contributed by atoms with E-state index < -0.39 is 10.0 Å². The van der Waals surface area contributed by atoms with Gasteiger partial charge in [0.15, 0.2) is 5.13 Å². The van der Waals surface area contributed by atoms with Crippen LogP contribution in [0, 0.1) is 0 Å². The van der Waals surface area contributed by atoms with Gasteiger partial charge in [-0.05, 0) is 36.4 Å². The molecule has 1 fully saturated rings. The average molecular weight is 610 g/mol. The summed E-state index contributed by atoms with van der Waals surface area (Å²) >= 11 is 14.4. The number of methoxy groups -OCH3 is 1. The lowest BCUT2D eigenvalue weighted by Crippen LogP contribution is -2.49. The molecule has 1 aliphatic rings. The Morgan fingerprint density at radius 3 is 2.42 bits per heavy atom. The van der Waals surface area contributed by atoms with Gasteiger partial charge in [-0.1, -0.05) is 35.3 Å². The number of carbonyl (C=O) groups is 1. The number of carbonyl (C=O) groups excluding carboxylic acids is 1. The second-order valence-corrected chi connectivity index (χ2v) is 13.3. The summed E-state index contributed by atoms with van der Waals surface area (Å²) in [7, 11) is -2.46. The summed E-state index contributed by atoms with van der Waals surface area (Å²) in [5.74, 6) is 0.156. The van der Waals surface area contributed by atoms with Crippen LogP contribution in [-0.2, 0) is 10.0 Å². The Kier molecular flexibility index (Phi) is 7.83. The van der Waals surface area contributed by atoms with Crippen LogP contribution in [0.15, 0.2) is 64.2 Å². The van der Waals surface area contributed by atoms with Crippen molar-refractivity contribution < 1.29 is 17.9 Å². The van der Waals surface area contributed by atoms with E-state index in [9.17, 15) is 13.2 Å². The Morgan fingerprint density at radius 1 is 1.03 bits per heavy atom. The Hall–Kier alpha value is -2.83. The number of nitrogens with one attached hydrogen (secondary N) is 1. The van der Waals surface area contributed by atoms with E-state index in [4.69, 9.17) is 32.9 Å². The summed E-state index contributed by atoms with van der Waals surface area (Å²) in [5, 5.41) is 3.57. The minimum absolute atomic E-state index is 0.0544. The van der Waals surface area contributed by atoms with Gasteiger partial charge in [0, 0.05) is 48.2 Å². The number of hydrogen-bond acceptors (Lipinski definition) is 8. The van der Waals surface area contributed by atoms with Crippen molar-refractivity contribution in [2.45, 2.75) is 4.21 Å². The van der Waals surface area contributed by atoms with E-state index in [1.54, 1.807) is 28.4 Å². The fourth-order valence-corrected chi connectivity index (χ4v) is 7.56. The molecule has 1 N–H and O–H groups in total. The Bertz CT molecular complexity index is 1560. The lowest BCUT2D eigenvalue weighted by molar-refractivity contribution is 0.0748. The van der Waals surface area contributed by atoms with Crippen LogP contribution in [0.25, 0.3) is 11.3 Å². The lowest BCUT2D eigenvalue weighted by atomic mass is 10.1. The first-order valence-corrected chi connectivity index (χ1v) is 15.4. The molecular formula is C25H22Cl2N4O4S3. The summed E-state index contributed by atoms with van der Waals surface area (Å²) in [4.78, 5) is 22.1. The zero-order valence-electron chi connectivity index (χ0n) is 20.1. The number of ether oxygens (including phenoxy) is 1. The maximum Gasteiger partial charge on any atom is 0.271 e. The molecule has 1 aliphatic heterocycles. The zero-order valence-corrected chi connectivity index (χ0v) is 24.0. The molecule has 0 aliphatic carbocycles. The summed E-state index contributed by atoms with van der Waals surface area (Å²) in [6.07, 6.45) is 0. The Balaban J connectivity index is 1.30. The number of halogens is 2. The molecule has 2 aromatic heterocycles. The van der Waals surface area contributed by atoms with E-state index in [1.807, 2.05) is 29.6 Å². The maximum atomic E-state index is 13.5. The molecule has 1 amide bonds. The number of hydrogen-bond donors (Lipinski definition) is 1. The highest BCUT2D eigenvalue weighted by molar-refractivity contribution is 7.94. The first-order valence-electron chi connectivity index (χ1n) is 11.5. The fraction of sp³-hybridized carbons (Fsp3) is 0.200. The highest BCUT2D eigenvalue weighted by Crippen LogP contribution is 2.32. The standard InChI is InChI=1S/C25H22Cl2N4O4S3/c1-35-18-6-7-19(20(14-18)29-38(33,34)23-9-8-22(27)37-23)24(32)30-10-12-31(13-11-30)25-28-21(15-36-25)16-2-4-17(26)5-3-16/h2-9,14-15,29H,10-13H2,1H3. The van der Waals surface area contributed by atoms with Crippen LogP contribution in [-0.4, -0.2) is 57.5 Å². The molecule has 2 aromatic carbocycles. The first-order chi connectivity index (χ1) is 18.2. The van der Waals surface area contributed by atoms with E-state index in [1.165, 1.54) is 25.3 Å². The molecule has 5 rings (SSSR count). The smallest absolute Gasteiger partial charge is 0.271 e. The van der Waals surface area contributed by atoms with Gasteiger partial charge in [-0.3, -0.25) is 9.52 Å². The number of piperazine rings is 1. The molecule has 0 radical (unpaired) electrons. The minimum Gasteiger partial charge on any atom is -0.497 e. The monoisotopic (exact) mass is 608 g/mol. The number of thiazole rings is 1. The number of thiophene rings is 1. The van der Waals surface area contributed by atoms with Crippen LogP contribution in [0.4, 0.5) is 10.8 Å². The number of sulfonamides is 1. The predicted molar refractivity (Wildman–Crippen MR) is 154 cm³/mol. The third-order valence-corrected chi connectivity index (χ3v) is 10.2. The van der Waals surface area contributed by atoms with E-state index in [0.29, 0.717) is 41.3 Å². The van der Waals surface area contributed by atoms with Crippen molar-refractivity contribution >= 4 is 72.6 Å². The SMILES string of the molecule is COc1ccc(C(=O)N2CCN(c3nc(-c4ccc(Cl)cc4)cs3)CC2)c(NS(=O)(=O)c2ccc(Cl)s2)c1. The third kappa shape index (κ3) is 5.76. The van der Waals surface area contributed by atoms with Crippen molar-refractivity contribution in [2.24, 2.45) is 0 Å². The number of aromatic nitrogens is 1. The molecule has 0 unspecified atom stereocenters. The second-order valence-electron chi connectivity index (χ2n) is 8.38. The molecule has 0 atom stereocenters. The molecule has 0 bridgehead atoms. The molecule has 0 spiro atoms. The Labute approximate surface area is 238 Å². The quantitative estimate of drug-likeness (QED) is 0.279. The summed E-state index contributed by atoms with van der Waals surface area (Å²) in [5.41, 5.74) is 2.26. The van der Waals surface area contributed by atoms with E-state index in [-0.39, 0.29) is 21.4 Å². The van der Waals surface area contributed by atoms with Crippen LogP contribution in [0.5, 0.6) is 5.75 Å². The maximum absolute atomic E-state index is 13.5. The van der Waals surface area contributed by atoms with Crippen molar-refractivity contribution in [3.05, 3.63) is 74.9 Å². The van der Waals surface area contributed by atoms with Gasteiger partial charge in [-0.15, -0.1) is 22.7 Å². The molecule has 198 valence electrons. The number of anilines is 2. The molecule has 8 nitrogen and oxygen atoms in total. The molecule has 3 heterocycles. The van der Waals surface area contributed by atoms with Gasteiger partial charge < -0.3 is 14.5 Å². The van der Waals surface area contributed by atoms with E-state index in [2.05, 4.69) is 9.62 Å². The summed E-state index contributed by atoms with van der Waals surface area (Å²) in [6.45, 7) is 2.13. The van der Waals surface area contributed by atoms with Crippen molar-refractivity contribution in [3.63, 3.8) is 0 Å². The van der Waals surface area contributed by atoms with Crippen LogP contribution in [0.1, 0.15) is 10.4 Å². The van der Waals surface area contributed by atoms with Crippen molar-refractivity contribution in [1.82, 2.24) is 9.88 Å². The lowest BCUT2D eigenvalue weighted by Gasteiger charge is -2.35. The third-order valence-electron chi connectivity index (χ3n) is 5.98. The van der Waals surface area contributed by atoms with Gasteiger partial charge in [0.25, 0.3) is 15.9 Å². The number of amides is 1. The zero-order chi connectivity index (χ0) is 26.9. The topological polar surface area (TPSA) is 91.8 Å². The van der Waals surface area contributed by atoms with Crippen molar-refractivity contribution in [1.29, 1.82) is 0 Å². The average Bonchev–Trinajstić information content (AvgIpc) is 3.59. The van der Waals surface area contributed by atoms with Crippen LogP contribution in [0.2, 0.25) is 9.36 Å². The van der Waals surface area contributed by atoms with Gasteiger partial charge >= 0.3 is 0 Å². The van der Waals surface area contributed by atoms with Crippen LogP contribution in [0.3, 0.4) is 0 Å². The largest absolute Gasteiger partial charge is 0.497 e. The predicted octanol–water partition coefficient (Wildman–Crippen LogP) is 5.95. The normalized spacial score (nSPS) is 14.0. The number of rotatable bonds is 7. The van der Waals surface area contributed by atoms with Gasteiger partial charge in [0.2, 0.25) is 0 Å². The van der Waals surface area contributed by atoms with Crippen LogP contribution >= 0.6 is 45.9 Å². The second kappa shape index (κ2) is 11.1. The molecular weight excluding hydrogens is 587 g/mol. The van der Waals surface area contributed by atoms with E-state index in [0.717, 1.165) is 27.7 Å². The van der Waals surface area contributed by atoms with Crippen molar-refractivity contribution in [2.75, 3.05) is 42.9 Å². The molecule has 0 saturated carbocycles. The van der Waals surface area contributed by atoms with Crippen LogP contribution < -0.4 is 14.4 Å². The first kappa shape index (κ1) is 26.8. The number of benzene rings is 2. The Morgan fingerprint density at radius 2 is 1.76 bits per heavy atom. The molecule has 13 heteroatoms. The van der Waals surface area contributed by atoms with Gasteiger partial charge in [-0.25, -0.2) is 13.4 Å². The van der Waals surface area contributed by atoms with Gasteiger partial charge in [0.05, 0.1) is 28.4 Å². The van der Waals surface area contributed by atoms with Crippen molar-refractivity contribution in [3.8, 4) is 17.0 Å². The van der Waals surface area contributed by atoms with E-state index >= 15 is 0 Å². The van der Waals surface area contributed by atoms with Gasteiger partial charge in [-0.2, -0.15) is 0 Å². The fourth-order valence-electron chi connectivity index (χ4n) is 3.99. The van der Waals surface area contributed by atoms with Gasteiger partial charge in [0.1, 0.15) is 9.96 Å². The number of nitrogens with zero attached hydrogens (tertiary/aromatic N) is 3. The molecule has 4 aromatic rings. The molecule has 38 heavy (non-hydrogen) atoms. The summed E-state index contributed by atoms with van der Waals surface area (Å²) in [6, 6.07) is 15.2.